The summed E-state index contributed by atoms with van der Waals surface area (Å²) in [6, 6.07) is 11.8. The van der Waals surface area contributed by atoms with Crippen molar-refractivity contribution in [3.05, 3.63) is 48.3 Å². The average Bonchev–Trinajstić information content (AvgIpc) is 3.21. The highest BCUT2D eigenvalue weighted by Crippen LogP contribution is 2.37. The van der Waals surface area contributed by atoms with E-state index in [1.807, 2.05) is 49.3 Å². The van der Waals surface area contributed by atoms with Crippen LogP contribution in [0, 0.1) is 11.3 Å². The summed E-state index contributed by atoms with van der Waals surface area (Å²) in [6.45, 7) is 1.31. The quantitative estimate of drug-likeness (QED) is 0.486. The minimum Gasteiger partial charge on any atom is -0.493 e. The standard InChI is InChI=1S/C22H22N6O2/c1-28(2)6-7-30-21-10-19-17(9-20(21)29-3)22(15(11-23)12-24-19)26-16-5-4-14-13-25-27-18(14)8-16/h4-5,8-10,12-13H,6-7H2,1-3H3,(H,24,26)(H,25,27). The highest BCUT2D eigenvalue weighted by Gasteiger charge is 2.15. The summed E-state index contributed by atoms with van der Waals surface area (Å²) in [5.41, 5.74) is 3.56. The number of ether oxygens (including phenoxy) is 2. The van der Waals surface area contributed by atoms with Gasteiger partial charge in [0, 0.05) is 35.3 Å². The van der Waals surface area contributed by atoms with Crippen molar-refractivity contribution in [2.45, 2.75) is 0 Å². The van der Waals surface area contributed by atoms with Gasteiger partial charge in [0.05, 0.1) is 35.6 Å². The summed E-state index contributed by atoms with van der Waals surface area (Å²) in [4.78, 5) is 6.50. The van der Waals surface area contributed by atoms with Gasteiger partial charge in [-0.25, -0.2) is 0 Å². The van der Waals surface area contributed by atoms with Crippen LogP contribution in [0.2, 0.25) is 0 Å². The number of nitrogens with one attached hydrogen (secondary N) is 2. The van der Waals surface area contributed by atoms with Gasteiger partial charge in [0.25, 0.3) is 0 Å². The Bertz CT molecular complexity index is 1240. The second-order valence-corrected chi connectivity index (χ2v) is 7.13. The normalized spacial score (nSPS) is 11.0. The molecular formula is C22H22N6O2. The first-order valence-corrected chi connectivity index (χ1v) is 9.47. The molecule has 0 spiro atoms. The number of likely N-dealkylation sites (N-methyl/N-ethyl adjacent to an activating group) is 1. The molecule has 0 unspecified atom stereocenters. The first-order chi connectivity index (χ1) is 14.6. The van der Waals surface area contributed by atoms with Gasteiger partial charge in [0.2, 0.25) is 0 Å². The number of rotatable bonds is 7. The van der Waals surface area contributed by atoms with Gasteiger partial charge in [0.1, 0.15) is 12.7 Å². The maximum absolute atomic E-state index is 9.64. The highest BCUT2D eigenvalue weighted by molar-refractivity contribution is 5.98. The SMILES string of the molecule is COc1cc2c(Nc3ccc4cn[nH]c4c3)c(C#N)cnc2cc1OCCN(C)C. The number of hydrogen-bond donors (Lipinski definition) is 2. The number of methoxy groups -OCH3 is 1. The van der Waals surface area contributed by atoms with Gasteiger partial charge >= 0.3 is 0 Å². The maximum Gasteiger partial charge on any atom is 0.163 e. The molecule has 2 heterocycles. The molecule has 0 fully saturated rings. The first-order valence-electron chi connectivity index (χ1n) is 9.47. The van der Waals surface area contributed by atoms with Gasteiger partial charge in [-0.05, 0) is 38.4 Å². The molecule has 2 aromatic heterocycles. The molecule has 8 heteroatoms. The lowest BCUT2D eigenvalue weighted by atomic mass is 10.1. The van der Waals surface area contributed by atoms with E-state index in [4.69, 9.17) is 9.47 Å². The summed E-state index contributed by atoms with van der Waals surface area (Å²) >= 11 is 0. The van der Waals surface area contributed by atoms with E-state index in [1.54, 1.807) is 19.5 Å². The first kappa shape index (κ1) is 19.5. The van der Waals surface area contributed by atoms with Crippen molar-refractivity contribution in [2.24, 2.45) is 0 Å². The van der Waals surface area contributed by atoms with Crippen LogP contribution in [0.1, 0.15) is 5.56 Å². The summed E-state index contributed by atoms with van der Waals surface area (Å²) in [5.74, 6) is 1.21. The lowest BCUT2D eigenvalue weighted by Gasteiger charge is -2.16. The molecule has 4 rings (SSSR count). The van der Waals surface area contributed by atoms with Crippen molar-refractivity contribution in [1.82, 2.24) is 20.1 Å². The van der Waals surface area contributed by atoms with E-state index in [-0.39, 0.29) is 0 Å². The molecule has 0 bridgehead atoms. The Labute approximate surface area is 174 Å². The minimum absolute atomic E-state index is 0.440. The van der Waals surface area contributed by atoms with E-state index in [9.17, 15) is 5.26 Å². The molecule has 0 radical (unpaired) electrons. The Morgan fingerprint density at radius 1 is 1.17 bits per heavy atom. The van der Waals surface area contributed by atoms with E-state index in [0.29, 0.717) is 34.9 Å². The van der Waals surface area contributed by atoms with E-state index in [2.05, 4.69) is 26.6 Å². The number of H-pyrrole nitrogens is 1. The van der Waals surface area contributed by atoms with Gasteiger partial charge in [0.15, 0.2) is 11.5 Å². The van der Waals surface area contributed by atoms with Gasteiger partial charge in [-0.15, -0.1) is 0 Å². The third kappa shape index (κ3) is 3.83. The second kappa shape index (κ2) is 8.27. The van der Waals surface area contributed by atoms with Crippen LogP contribution in [0.5, 0.6) is 11.5 Å². The van der Waals surface area contributed by atoms with Crippen LogP contribution >= 0.6 is 0 Å². The molecule has 0 aliphatic heterocycles. The Hall–Kier alpha value is -3.83. The molecule has 0 amide bonds. The summed E-state index contributed by atoms with van der Waals surface area (Å²) in [6.07, 6.45) is 3.33. The van der Waals surface area contributed by atoms with Crippen LogP contribution in [0.3, 0.4) is 0 Å². The molecule has 4 aromatic rings. The molecule has 2 N–H and O–H groups in total. The molecule has 0 atom stereocenters. The van der Waals surface area contributed by atoms with Crippen LogP contribution in [-0.4, -0.2) is 54.4 Å². The van der Waals surface area contributed by atoms with E-state index in [1.165, 1.54) is 0 Å². The van der Waals surface area contributed by atoms with Crippen LogP contribution in [0.25, 0.3) is 21.8 Å². The van der Waals surface area contributed by atoms with E-state index in [0.717, 1.165) is 28.5 Å². The largest absolute Gasteiger partial charge is 0.493 e. The maximum atomic E-state index is 9.64. The lowest BCUT2D eigenvalue weighted by Crippen LogP contribution is -2.19. The number of fused-ring (bicyclic) bond motifs is 2. The van der Waals surface area contributed by atoms with E-state index < -0.39 is 0 Å². The fourth-order valence-corrected chi connectivity index (χ4v) is 3.19. The third-order valence-corrected chi connectivity index (χ3v) is 4.78. The van der Waals surface area contributed by atoms with Crippen LogP contribution in [-0.2, 0) is 0 Å². The zero-order valence-corrected chi connectivity index (χ0v) is 17.1. The van der Waals surface area contributed by atoms with Gasteiger partial charge in [-0.3, -0.25) is 10.1 Å². The average molecular weight is 402 g/mol. The van der Waals surface area contributed by atoms with Gasteiger partial charge < -0.3 is 19.7 Å². The van der Waals surface area contributed by atoms with Crippen molar-refractivity contribution in [1.29, 1.82) is 5.26 Å². The third-order valence-electron chi connectivity index (χ3n) is 4.78. The summed E-state index contributed by atoms with van der Waals surface area (Å²) in [7, 11) is 5.58. The van der Waals surface area contributed by atoms with Crippen molar-refractivity contribution in [2.75, 3.05) is 39.7 Å². The number of pyridine rings is 1. The Morgan fingerprint density at radius 2 is 2.03 bits per heavy atom. The van der Waals surface area contributed by atoms with E-state index >= 15 is 0 Å². The summed E-state index contributed by atoms with van der Waals surface area (Å²) in [5, 5.41) is 21.8. The summed E-state index contributed by atoms with van der Waals surface area (Å²) < 4.78 is 11.4. The molecule has 152 valence electrons. The number of aromatic amines is 1. The zero-order chi connectivity index (χ0) is 21.1. The van der Waals surface area contributed by atoms with Crippen LogP contribution < -0.4 is 14.8 Å². The topological polar surface area (TPSA) is 99.1 Å². The van der Waals surface area contributed by atoms with Gasteiger partial charge in [-0.2, -0.15) is 10.4 Å². The van der Waals surface area contributed by atoms with Crippen molar-refractivity contribution >= 4 is 33.2 Å². The van der Waals surface area contributed by atoms with Gasteiger partial charge in [-0.1, -0.05) is 0 Å². The molecule has 0 saturated carbocycles. The molecule has 30 heavy (non-hydrogen) atoms. The molecule has 0 aliphatic rings. The number of nitriles is 1. The molecule has 8 nitrogen and oxygen atoms in total. The predicted octanol–water partition coefficient (Wildman–Crippen LogP) is 3.68. The van der Waals surface area contributed by atoms with Crippen LogP contribution in [0.15, 0.2) is 42.7 Å². The van der Waals surface area contributed by atoms with Crippen molar-refractivity contribution < 1.29 is 9.47 Å². The monoisotopic (exact) mass is 402 g/mol. The minimum atomic E-state index is 0.440. The fraction of sp³-hybridized carbons (Fsp3) is 0.227. The molecule has 0 saturated heterocycles. The zero-order valence-electron chi connectivity index (χ0n) is 17.1. The van der Waals surface area contributed by atoms with Crippen molar-refractivity contribution in [3.63, 3.8) is 0 Å². The Balaban J connectivity index is 1.76. The molecule has 0 aliphatic carbocycles. The highest BCUT2D eigenvalue weighted by atomic mass is 16.5. The number of nitrogens with zero attached hydrogens (tertiary/aromatic N) is 4. The Kier molecular flexibility index (Phi) is 5.37. The smallest absolute Gasteiger partial charge is 0.163 e. The van der Waals surface area contributed by atoms with Crippen molar-refractivity contribution in [3.8, 4) is 17.6 Å². The molecule has 2 aromatic carbocycles. The second-order valence-electron chi connectivity index (χ2n) is 7.13. The fourth-order valence-electron chi connectivity index (χ4n) is 3.19. The number of hydrogen-bond acceptors (Lipinski definition) is 7. The Morgan fingerprint density at radius 3 is 2.80 bits per heavy atom. The predicted molar refractivity (Wildman–Crippen MR) is 116 cm³/mol. The number of anilines is 2. The lowest BCUT2D eigenvalue weighted by molar-refractivity contribution is 0.251. The number of benzene rings is 2. The number of aromatic nitrogens is 3. The molecular weight excluding hydrogens is 380 g/mol. The van der Waals surface area contributed by atoms with Crippen LogP contribution in [0.4, 0.5) is 11.4 Å².